The van der Waals surface area contributed by atoms with Crippen LogP contribution in [0, 0.1) is 0 Å². The van der Waals surface area contributed by atoms with Crippen LogP contribution in [0.3, 0.4) is 0 Å². The van der Waals surface area contributed by atoms with E-state index in [0.717, 1.165) is 5.56 Å². The Hall–Kier alpha value is -1.13. The number of nitrogens with zero attached hydrogens (tertiary/aromatic N) is 1. The summed E-state index contributed by atoms with van der Waals surface area (Å²) < 4.78 is 5.05. The largest absolute Gasteiger partial charge is 0.475 e. The molecule has 0 unspecified atom stereocenters. The first-order valence-corrected chi connectivity index (χ1v) is 3.75. The van der Waals surface area contributed by atoms with Crippen molar-refractivity contribution < 1.29 is 9.84 Å². The van der Waals surface area contributed by atoms with Gasteiger partial charge in [-0.3, -0.25) is 0 Å². The molecule has 0 atom stereocenters. The van der Waals surface area contributed by atoms with Gasteiger partial charge in [-0.1, -0.05) is 6.07 Å². The van der Waals surface area contributed by atoms with E-state index in [1.165, 1.54) is 0 Å². The molecule has 0 aliphatic heterocycles. The normalized spacial score (nSPS) is 9.83. The van der Waals surface area contributed by atoms with Crippen LogP contribution < -0.4 is 10.5 Å². The van der Waals surface area contributed by atoms with E-state index >= 15 is 0 Å². The molecule has 0 aromatic carbocycles. The lowest BCUT2D eigenvalue weighted by molar-refractivity contribution is 0.196. The minimum atomic E-state index is 0.000318. The van der Waals surface area contributed by atoms with Gasteiger partial charge in [0, 0.05) is 18.8 Å². The molecule has 12 heavy (non-hydrogen) atoms. The van der Waals surface area contributed by atoms with Crippen LogP contribution in [0.4, 0.5) is 0 Å². The Bertz CT molecular complexity index is 223. The van der Waals surface area contributed by atoms with Crippen LogP contribution in [-0.2, 0) is 6.54 Å². The number of rotatable bonds is 4. The number of hydrogen-bond donors (Lipinski definition) is 2. The van der Waals surface area contributed by atoms with Crippen molar-refractivity contribution in [1.82, 2.24) is 4.98 Å². The second-order valence-electron chi connectivity index (χ2n) is 2.28. The predicted molar refractivity (Wildman–Crippen MR) is 44.7 cm³/mol. The lowest BCUT2D eigenvalue weighted by atomic mass is 10.3. The van der Waals surface area contributed by atoms with Crippen molar-refractivity contribution in [2.24, 2.45) is 5.73 Å². The molecule has 0 spiro atoms. The van der Waals surface area contributed by atoms with E-state index in [1.54, 1.807) is 12.3 Å². The number of hydrogen-bond acceptors (Lipinski definition) is 4. The fourth-order valence-electron chi connectivity index (χ4n) is 0.767. The number of nitrogens with two attached hydrogens (primary N) is 1. The van der Waals surface area contributed by atoms with Crippen LogP contribution in [-0.4, -0.2) is 23.3 Å². The van der Waals surface area contributed by atoms with E-state index in [9.17, 15) is 0 Å². The molecule has 0 bridgehead atoms. The first kappa shape index (κ1) is 8.96. The summed E-state index contributed by atoms with van der Waals surface area (Å²) >= 11 is 0. The Morgan fingerprint density at radius 2 is 2.33 bits per heavy atom. The third kappa shape index (κ3) is 2.48. The molecule has 0 saturated heterocycles. The summed E-state index contributed by atoms with van der Waals surface area (Å²) in [5.74, 6) is 0.515. The highest BCUT2D eigenvalue weighted by Crippen LogP contribution is 2.06. The van der Waals surface area contributed by atoms with E-state index < -0.39 is 0 Å². The maximum absolute atomic E-state index is 8.46. The van der Waals surface area contributed by atoms with E-state index in [-0.39, 0.29) is 13.2 Å². The van der Waals surface area contributed by atoms with Crippen LogP contribution >= 0.6 is 0 Å². The molecule has 1 heterocycles. The standard InChI is InChI=1S/C8H12N2O2/c9-5-7-1-2-8(10-6-7)12-4-3-11/h1-2,6,11H,3-5,9H2. The molecule has 0 aliphatic rings. The smallest absolute Gasteiger partial charge is 0.213 e. The number of pyridine rings is 1. The lowest BCUT2D eigenvalue weighted by Gasteiger charge is -2.02. The number of aliphatic hydroxyl groups excluding tert-OH is 1. The van der Waals surface area contributed by atoms with E-state index in [1.807, 2.05) is 6.07 Å². The van der Waals surface area contributed by atoms with Crippen LogP contribution in [0.15, 0.2) is 18.3 Å². The molecule has 0 saturated carbocycles. The zero-order valence-corrected chi connectivity index (χ0v) is 6.73. The Morgan fingerprint density at radius 3 is 2.83 bits per heavy atom. The Morgan fingerprint density at radius 1 is 1.50 bits per heavy atom. The van der Waals surface area contributed by atoms with Crippen LogP contribution in [0.25, 0.3) is 0 Å². The molecular formula is C8H12N2O2. The van der Waals surface area contributed by atoms with Gasteiger partial charge in [0.2, 0.25) is 5.88 Å². The zero-order chi connectivity index (χ0) is 8.81. The fraction of sp³-hybridized carbons (Fsp3) is 0.375. The average Bonchev–Trinajstić information content (AvgIpc) is 2.15. The maximum atomic E-state index is 8.46. The van der Waals surface area contributed by atoms with Gasteiger partial charge in [-0.2, -0.15) is 0 Å². The Kier molecular flexibility index (Phi) is 3.50. The summed E-state index contributed by atoms with van der Waals surface area (Å²) in [6.07, 6.45) is 1.66. The van der Waals surface area contributed by atoms with Gasteiger partial charge in [-0.15, -0.1) is 0 Å². The molecule has 1 rings (SSSR count). The van der Waals surface area contributed by atoms with Gasteiger partial charge in [0.05, 0.1) is 6.61 Å². The predicted octanol–water partition coefficient (Wildman–Crippen LogP) is -0.0886. The van der Waals surface area contributed by atoms with Gasteiger partial charge in [0.1, 0.15) is 6.61 Å². The van der Waals surface area contributed by atoms with Crippen molar-refractivity contribution in [3.63, 3.8) is 0 Å². The van der Waals surface area contributed by atoms with Crippen molar-refractivity contribution in [2.45, 2.75) is 6.54 Å². The van der Waals surface area contributed by atoms with E-state index in [2.05, 4.69) is 4.98 Å². The quantitative estimate of drug-likeness (QED) is 0.659. The number of ether oxygens (including phenoxy) is 1. The van der Waals surface area contributed by atoms with Gasteiger partial charge in [-0.05, 0) is 5.56 Å². The number of aliphatic hydroxyl groups is 1. The van der Waals surface area contributed by atoms with Gasteiger partial charge < -0.3 is 15.6 Å². The van der Waals surface area contributed by atoms with E-state index in [4.69, 9.17) is 15.6 Å². The average molecular weight is 168 g/mol. The van der Waals surface area contributed by atoms with E-state index in [0.29, 0.717) is 12.4 Å². The highest BCUT2D eigenvalue weighted by atomic mass is 16.5. The Labute approximate surface area is 71.0 Å². The third-order valence-electron chi connectivity index (χ3n) is 1.37. The highest BCUT2D eigenvalue weighted by molar-refractivity contribution is 5.17. The first-order valence-electron chi connectivity index (χ1n) is 3.75. The fourth-order valence-corrected chi connectivity index (χ4v) is 0.767. The molecule has 0 fully saturated rings. The van der Waals surface area contributed by atoms with Gasteiger partial charge in [0.25, 0.3) is 0 Å². The molecule has 0 amide bonds. The molecule has 0 radical (unpaired) electrons. The molecular weight excluding hydrogens is 156 g/mol. The molecule has 1 aromatic rings. The summed E-state index contributed by atoms with van der Waals surface area (Å²) in [6, 6.07) is 3.58. The van der Waals surface area contributed by atoms with Crippen LogP contribution in [0.2, 0.25) is 0 Å². The molecule has 1 aromatic heterocycles. The zero-order valence-electron chi connectivity index (χ0n) is 6.73. The van der Waals surface area contributed by atoms with Gasteiger partial charge in [-0.25, -0.2) is 4.98 Å². The van der Waals surface area contributed by atoms with Crippen molar-refractivity contribution in [1.29, 1.82) is 0 Å². The SMILES string of the molecule is NCc1ccc(OCCO)nc1. The molecule has 0 aliphatic carbocycles. The van der Waals surface area contributed by atoms with Crippen LogP contribution in [0.1, 0.15) is 5.56 Å². The number of aromatic nitrogens is 1. The minimum Gasteiger partial charge on any atom is -0.475 e. The Balaban J connectivity index is 2.53. The van der Waals surface area contributed by atoms with Crippen molar-refractivity contribution >= 4 is 0 Å². The second-order valence-corrected chi connectivity index (χ2v) is 2.28. The van der Waals surface area contributed by atoms with Crippen LogP contribution in [0.5, 0.6) is 5.88 Å². The summed E-state index contributed by atoms with van der Waals surface area (Å²) in [4.78, 5) is 3.97. The molecule has 3 N–H and O–H groups in total. The van der Waals surface area contributed by atoms with Crippen molar-refractivity contribution in [3.8, 4) is 5.88 Å². The summed E-state index contributed by atoms with van der Waals surface area (Å²) in [5, 5.41) is 8.46. The summed E-state index contributed by atoms with van der Waals surface area (Å²) in [7, 11) is 0. The molecule has 4 nitrogen and oxygen atoms in total. The second kappa shape index (κ2) is 4.69. The molecule has 4 heteroatoms. The van der Waals surface area contributed by atoms with Gasteiger partial charge in [0.15, 0.2) is 0 Å². The van der Waals surface area contributed by atoms with Crippen molar-refractivity contribution in [2.75, 3.05) is 13.2 Å². The third-order valence-corrected chi connectivity index (χ3v) is 1.37. The summed E-state index contributed by atoms with van der Waals surface area (Å²) in [5.41, 5.74) is 6.34. The minimum absolute atomic E-state index is 0.000318. The topological polar surface area (TPSA) is 68.4 Å². The van der Waals surface area contributed by atoms with Crippen molar-refractivity contribution in [3.05, 3.63) is 23.9 Å². The monoisotopic (exact) mass is 168 g/mol. The molecule has 66 valence electrons. The highest BCUT2D eigenvalue weighted by Gasteiger charge is 1.93. The lowest BCUT2D eigenvalue weighted by Crippen LogP contribution is -2.03. The first-order chi connectivity index (χ1) is 5.86. The summed E-state index contributed by atoms with van der Waals surface area (Å²) in [6.45, 7) is 0.753. The van der Waals surface area contributed by atoms with Gasteiger partial charge >= 0.3 is 0 Å². The maximum Gasteiger partial charge on any atom is 0.213 e.